The Labute approximate surface area is 140 Å². The lowest BCUT2D eigenvalue weighted by molar-refractivity contribution is 0.0526. The van der Waals surface area contributed by atoms with Gasteiger partial charge in [-0.25, -0.2) is 14.8 Å². The lowest BCUT2D eigenvalue weighted by atomic mass is 10.1. The zero-order valence-electron chi connectivity index (χ0n) is 14.0. The second-order valence-corrected chi connectivity index (χ2v) is 5.56. The highest BCUT2D eigenvalue weighted by Crippen LogP contribution is 2.26. The maximum absolute atomic E-state index is 11.7. The van der Waals surface area contributed by atoms with Crippen LogP contribution >= 0.6 is 0 Å². The number of carbonyl (C=O) groups excluding carboxylic acids is 1. The molecule has 1 N–H and O–H groups in total. The number of benzene rings is 1. The summed E-state index contributed by atoms with van der Waals surface area (Å²) in [4.78, 5) is 20.7. The van der Waals surface area contributed by atoms with Crippen molar-refractivity contribution in [2.45, 2.75) is 20.8 Å². The number of aryl methyl sites for hydroxylation is 2. The number of rotatable bonds is 4. The van der Waals surface area contributed by atoms with Gasteiger partial charge >= 0.3 is 5.97 Å². The van der Waals surface area contributed by atoms with Crippen molar-refractivity contribution in [2.75, 3.05) is 11.9 Å². The minimum Gasteiger partial charge on any atom is -0.462 e. The van der Waals surface area contributed by atoms with Gasteiger partial charge in [-0.3, -0.25) is 0 Å². The fraction of sp³-hybridized carbons (Fsp3) is 0.211. The summed E-state index contributed by atoms with van der Waals surface area (Å²) in [6, 6.07) is 13.2. The van der Waals surface area contributed by atoms with Gasteiger partial charge in [0.25, 0.3) is 0 Å². The minimum atomic E-state index is -0.311. The van der Waals surface area contributed by atoms with E-state index in [-0.39, 0.29) is 5.97 Å². The molecule has 0 aliphatic heterocycles. The molecule has 1 aromatic carbocycles. The summed E-state index contributed by atoms with van der Waals surface area (Å²) < 4.78 is 4.99. The molecule has 0 radical (unpaired) electrons. The van der Waals surface area contributed by atoms with Crippen LogP contribution in [0.15, 0.2) is 42.5 Å². The topological polar surface area (TPSA) is 64.1 Å². The Bertz CT molecular complexity index is 884. The molecule has 5 heteroatoms. The molecule has 0 aliphatic carbocycles. The normalized spacial score (nSPS) is 10.6. The van der Waals surface area contributed by atoms with E-state index in [0.717, 1.165) is 33.8 Å². The maximum Gasteiger partial charge on any atom is 0.338 e. The van der Waals surface area contributed by atoms with Crippen LogP contribution in [0, 0.1) is 13.8 Å². The Morgan fingerprint density at radius 3 is 2.46 bits per heavy atom. The number of esters is 1. The predicted molar refractivity (Wildman–Crippen MR) is 94.7 cm³/mol. The molecule has 0 fully saturated rings. The molecule has 0 unspecified atom stereocenters. The van der Waals surface area contributed by atoms with E-state index in [0.29, 0.717) is 12.2 Å². The maximum atomic E-state index is 11.7. The van der Waals surface area contributed by atoms with Crippen molar-refractivity contribution >= 4 is 28.4 Å². The van der Waals surface area contributed by atoms with Crippen LogP contribution in [-0.4, -0.2) is 22.5 Å². The SMILES string of the molecule is CCOC(=O)c1ccc(Nc2cc(C)nc3nc(C)ccc23)cc1. The minimum absolute atomic E-state index is 0.311. The molecule has 0 bridgehead atoms. The molecule has 122 valence electrons. The smallest absolute Gasteiger partial charge is 0.338 e. The third-order valence-electron chi connectivity index (χ3n) is 3.62. The molecule has 2 heterocycles. The Morgan fingerprint density at radius 1 is 1.04 bits per heavy atom. The highest BCUT2D eigenvalue weighted by molar-refractivity contribution is 5.92. The number of ether oxygens (including phenoxy) is 1. The van der Waals surface area contributed by atoms with E-state index >= 15 is 0 Å². The van der Waals surface area contributed by atoms with E-state index in [1.807, 2.05) is 44.2 Å². The van der Waals surface area contributed by atoms with Gasteiger partial charge < -0.3 is 10.1 Å². The molecular weight excluding hydrogens is 302 g/mol. The number of hydrogen-bond acceptors (Lipinski definition) is 5. The number of fused-ring (bicyclic) bond motifs is 1. The van der Waals surface area contributed by atoms with Crippen molar-refractivity contribution in [3.63, 3.8) is 0 Å². The van der Waals surface area contributed by atoms with Gasteiger partial charge in [0.1, 0.15) is 0 Å². The highest BCUT2D eigenvalue weighted by Gasteiger charge is 2.08. The average Bonchev–Trinajstić information content (AvgIpc) is 2.55. The van der Waals surface area contributed by atoms with Crippen LogP contribution in [0.2, 0.25) is 0 Å². The Kier molecular flexibility index (Phi) is 4.42. The van der Waals surface area contributed by atoms with Gasteiger partial charge in [0.15, 0.2) is 5.65 Å². The Morgan fingerprint density at radius 2 is 1.75 bits per heavy atom. The number of carbonyl (C=O) groups is 1. The monoisotopic (exact) mass is 321 g/mol. The van der Waals surface area contributed by atoms with Crippen LogP contribution in [0.3, 0.4) is 0 Å². The number of aromatic nitrogens is 2. The first-order valence-electron chi connectivity index (χ1n) is 7.86. The molecule has 0 spiro atoms. The molecule has 0 saturated heterocycles. The van der Waals surface area contributed by atoms with Crippen molar-refractivity contribution in [3.05, 3.63) is 59.4 Å². The third-order valence-corrected chi connectivity index (χ3v) is 3.62. The molecule has 2 aromatic heterocycles. The Hall–Kier alpha value is -2.95. The van der Waals surface area contributed by atoms with Crippen molar-refractivity contribution in [2.24, 2.45) is 0 Å². The standard InChI is InChI=1S/C19H19N3O2/c1-4-24-19(23)14-6-8-15(9-7-14)22-17-11-13(3)21-18-16(17)10-5-12(2)20-18/h5-11H,4H2,1-3H3,(H,20,21,22). The summed E-state index contributed by atoms with van der Waals surface area (Å²) in [6.07, 6.45) is 0. The van der Waals surface area contributed by atoms with Crippen LogP contribution in [0.25, 0.3) is 11.0 Å². The quantitative estimate of drug-likeness (QED) is 0.731. The first kappa shape index (κ1) is 15.9. The molecule has 5 nitrogen and oxygen atoms in total. The first-order valence-corrected chi connectivity index (χ1v) is 7.86. The van der Waals surface area contributed by atoms with E-state index < -0.39 is 0 Å². The molecule has 24 heavy (non-hydrogen) atoms. The van der Waals surface area contributed by atoms with Crippen molar-refractivity contribution < 1.29 is 9.53 Å². The van der Waals surface area contributed by atoms with Gasteiger partial charge in [0, 0.05) is 22.5 Å². The first-order chi connectivity index (χ1) is 11.6. The van der Waals surface area contributed by atoms with Crippen molar-refractivity contribution in [1.29, 1.82) is 0 Å². The number of hydrogen-bond donors (Lipinski definition) is 1. The van der Waals surface area contributed by atoms with E-state index in [4.69, 9.17) is 4.74 Å². The van der Waals surface area contributed by atoms with E-state index in [2.05, 4.69) is 15.3 Å². The van der Waals surface area contributed by atoms with Gasteiger partial charge in [0.05, 0.1) is 17.9 Å². The molecule has 0 saturated carbocycles. The van der Waals surface area contributed by atoms with Gasteiger partial charge in [-0.1, -0.05) is 0 Å². The summed E-state index contributed by atoms with van der Waals surface area (Å²) in [5, 5.41) is 4.33. The second-order valence-electron chi connectivity index (χ2n) is 5.56. The van der Waals surface area contributed by atoms with Crippen molar-refractivity contribution in [1.82, 2.24) is 9.97 Å². The summed E-state index contributed by atoms with van der Waals surface area (Å²) in [5.74, 6) is -0.311. The van der Waals surface area contributed by atoms with Crippen LogP contribution in [0.4, 0.5) is 11.4 Å². The number of nitrogens with one attached hydrogen (secondary N) is 1. The van der Waals surface area contributed by atoms with Gasteiger partial charge in [0.2, 0.25) is 0 Å². The van der Waals surface area contributed by atoms with Gasteiger partial charge in [-0.2, -0.15) is 0 Å². The fourth-order valence-corrected chi connectivity index (χ4v) is 2.49. The molecule has 0 aliphatic rings. The third kappa shape index (κ3) is 3.35. The second kappa shape index (κ2) is 6.66. The van der Waals surface area contributed by atoms with E-state index in [9.17, 15) is 4.79 Å². The lowest BCUT2D eigenvalue weighted by Gasteiger charge is -2.11. The summed E-state index contributed by atoms with van der Waals surface area (Å²) in [6.45, 7) is 6.05. The molecule has 3 rings (SSSR count). The zero-order chi connectivity index (χ0) is 17.1. The lowest BCUT2D eigenvalue weighted by Crippen LogP contribution is -2.04. The number of pyridine rings is 2. The van der Waals surface area contributed by atoms with E-state index in [1.54, 1.807) is 19.1 Å². The van der Waals surface area contributed by atoms with Crippen LogP contribution in [-0.2, 0) is 4.74 Å². The summed E-state index contributed by atoms with van der Waals surface area (Å²) >= 11 is 0. The zero-order valence-corrected chi connectivity index (χ0v) is 14.0. The van der Waals surface area contributed by atoms with Crippen LogP contribution in [0.1, 0.15) is 28.7 Å². The average molecular weight is 321 g/mol. The van der Waals surface area contributed by atoms with Crippen molar-refractivity contribution in [3.8, 4) is 0 Å². The fourth-order valence-electron chi connectivity index (χ4n) is 2.49. The molecule has 0 atom stereocenters. The van der Waals surface area contributed by atoms with Crippen LogP contribution < -0.4 is 5.32 Å². The van der Waals surface area contributed by atoms with Crippen LogP contribution in [0.5, 0.6) is 0 Å². The van der Waals surface area contributed by atoms with E-state index in [1.165, 1.54) is 0 Å². The molecule has 0 amide bonds. The predicted octanol–water partition coefficient (Wildman–Crippen LogP) is 4.17. The largest absolute Gasteiger partial charge is 0.462 e. The Balaban J connectivity index is 1.91. The van der Waals surface area contributed by atoms with Gasteiger partial charge in [-0.15, -0.1) is 0 Å². The molecular formula is C19H19N3O2. The summed E-state index contributed by atoms with van der Waals surface area (Å²) in [5.41, 5.74) is 4.91. The van der Waals surface area contributed by atoms with Gasteiger partial charge in [-0.05, 0) is 63.2 Å². The summed E-state index contributed by atoms with van der Waals surface area (Å²) in [7, 11) is 0. The number of anilines is 2. The highest BCUT2D eigenvalue weighted by atomic mass is 16.5. The molecule has 3 aromatic rings. The number of nitrogens with zero attached hydrogens (tertiary/aromatic N) is 2.